The first-order valence-corrected chi connectivity index (χ1v) is 16.5. The van der Waals surface area contributed by atoms with Gasteiger partial charge in [0.05, 0.1) is 9.10 Å². The number of halogens is 1. The lowest BCUT2D eigenvalue weighted by molar-refractivity contribution is -0.115. The minimum absolute atomic E-state index is 0.186. The Balaban J connectivity index is 1.20. The molecule has 0 amide bonds. The number of carbonyl (C=O) groups is 1. The van der Waals surface area contributed by atoms with Crippen LogP contribution in [0.15, 0.2) is 39.7 Å². The quantitative estimate of drug-likeness (QED) is 0.181. The van der Waals surface area contributed by atoms with E-state index in [1.807, 2.05) is 30.3 Å². The Morgan fingerprint density at radius 1 is 1.03 bits per heavy atom. The zero-order valence-electron chi connectivity index (χ0n) is 22.6. The second-order valence-electron chi connectivity index (χ2n) is 12.5. The van der Waals surface area contributed by atoms with E-state index in [1.54, 1.807) is 0 Å². The highest BCUT2D eigenvalue weighted by molar-refractivity contribution is 8.26. The van der Waals surface area contributed by atoms with Crippen molar-refractivity contribution >= 4 is 51.6 Å². The van der Waals surface area contributed by atoms with Gasteiger partial charge < -0.3 is 9.52 Å². The fourth-order valence-corrected chi connectivity index (χ4v) is 9.70. The standard InChI is InChI=1S/C33H39ClO3S2/c34-27-8-5-22(6-9-27)30-18-23(4-2-1-3-11-35)31(37-30)19-32-29(36)10-7-24(33(38)39-32)17-28-25-13-20-12-21(15-25)16-26(28)14-20/h5-6,8-9,18-21,24-26,28,35H,1-4,7,10-17H2. The molecular weight excluding hydrogens is 544 g/mol. The number of furan rings is 1. The zero-order valence-corrected chi connectivity index (χ0v) is 25.0. The van der Waals surface area contributed by atoms with E-state index < -0.39 is 0 Å². The predicted octanol–water partition coefficient (Wildman–Crippen LogP) is 9.15. The van der Waals surface area contributed by atoms with Crippen molar-refractivity contribution < 1.29 is 14.3 Å². The molecule has 2 heterocycles. The molecule has 7 rings (SSSR count). The van der Waals surface area contributed by atoms with Crippen LogP contribution in [0, 0.1) is 35.5 Å². The second kappa shape index (κ2) is 12.2. The number of thioether (sulfide) groups is 1. The first-order valence-electron chi connectivity index (χ1n) is 14.9. The van der Waals surface area contributed by atoms with Crippen molar-refractivity contribution in [3.8, 4) is 11.3 Å². The third-order valence-electron chi connectivity index (χ3n) is 9.85. The van der Waals surface area contributed by atoms with Crippen molar-refractivity contribution in [2.75, 3.05) is 6.61 Å². The molecule has 1 aromatic heterocycles. The van der Waals surface area contributed by atoms with E-state index in [4.69, 9.17) is 28.2 Å². The molecule has 0 radical (unpaired) electrons. The molecule has 0 spiro atoms. The van der Waals surface area contributed by atoms with Crippen molar-refractivity contribution in [1.82, 2.24) is 0 Å². The SMILES string of the molecule is O=C1CCC(CC2C3CC4CC(C3)CC2C4)C(=S)SC1=Cc1oc(-c2ccc(Cl)cc2)cc1CCCCCO. The van der Waals surface area contributed by atoms with Crippen LogP contribution < -0.4 is 0 Å². The first-order chi connectivity index (χ1) is 19.0. The fraction of sp³-hybridized carbons (Fsp3) is 0.576. The molecule has 1 aromatic carbocycles. The van der Waals surface area contributed by atoms with Crippen molar-refractivity contribution in [3.63, 3.8) is 0 Å². The maximum Gasteiger partial charge on any atom is 0.169 e. The van der Waals surface area contributed by atoms with Crippen LogP contribution in [0.3, 0.4) is 0 Å². The number of hydrogen-bond donors (Lipinski definition) is 1. The van der Waals surface area contributed by atoms with Crippen molar-refractivity contribution in [2.45, 2.75) is 77.0 Å². The molecule has 1 saturated heterocycles. The summed E-state index contributed by atoms with van der Waals surface area (Å²) in [7, 11) is 0. The molecule has 4 aliphatic carbocycles. The summed E-state index contributed by atoms with van der Waals surface area (Å²) in [5.74, 6) is 6.63. The van der Waals surface area contributed by atoms with Crippen LogP contribution in [0.25, 0.3) is 17.4 Å². The van der Waals surface area contributed by atoms with Gasteiger partial charge in [-0.15, -0.1) is 0 Å². The molecule has 1 unspecified atom stereocenters. The van der Waals surface area contributed by atoms with Crippen LogP contribution in [0.4, 0.5) is 0 Å². The highest BCUT2D eigenvalue weighted by Crippen LogP contribution is 2.58. The van der Waals surface area contributed by atoms with Gasteiger partial charge in [0.25, 0.3) is 0 Å². The molecule has 1 atom stereocenters. The van der Waals surface area contributed by atoms with Gasteiger partial charge in [-0.25, -0.2) is 0 Å². The van der Waals surface area contributed by atoms with Crippen LogP contribution in [0.2, 0.25) is 5.02 Å². The molecule has 39 heavy (non-hydrogen) atoms. The van der Waals surface area contributed by atoms with Gasteiger partial charge in [-0.05, 0) is 136 Å². The van der Waals surface area contributed by atoms with Crippen LogP contribution in [0.5, 0.6) is 0 Å². The second-order valence-corrected chi connectivity index (χ2v) is 14.7. The minimum atomic E-state index is 0.186. The molecular formula is C33H39ClO3S2. The Kier molecular flexibility index (Phi) is 8.70. The number of Topliss-reactive ketones (excluding diaryl/α,β-unsaturated/α-hetero) is 1. The lowest BCUT2D eigenvalue weighted by Gasteiger charge is -2.55. The van der Waals surface area contributed by atoms with E-state index in [2.05, 4.69) is 6.07 Å². The average Bonchev–Trinajstić information content (AvgIpc) is 3.26. The monoisotopic (exact) mass is 582 g/mol. The molecule has 3 nitrogen and oxygen atoms in total. The Morgan fingerprint density at radius 3 is 2.44 bits per heavy atom. The van der Waals surface area contributed by atoms with Gasteiger partial charge in [0.15, 0.2) is 5.78 Å². The Hall–Kier alpha value is -1.40. The smallest absolute Gasteiger partial charge is 0.169 e. The van der Waals surface area contributed by atoms with E-state index in [-0.39, 0.29) is 12.4 Å². The van der Waals surface area contributed by atoms with E-state index in [9.17, 15) is 9.90 Å². The number of ketones is 1. The number of aliphatic hydroxyl groups excluding tert-OH is 1. The predicted molar refractivity (Wildman–Crippen MR) is 165 cm³/mol. The first kappa shape index (κ1) is 27.8. The summed E-state index contributed by atoms with van der Waals surface area (Å²) in [4.78, 5) is 14.1. The van der Waals surface area contributed by atoms with Crippen LogP contribution in [-0.2, 0) is 11.2 Å². The van der Waals surface area contributed by atoms with Crippen molar-refractivity contribution in [1.29, 1.82) is 0 Å². The number of thiocarbonyl (C=S) groups is 1. The lowest BCUT2D eigenvalue weighted by atomic mass is 9.51. The summed E-state index contributed by atoms with van der Waals surface area (Å²) < 4.78 is 7.36. The topological polar surface area (TPSA) is 50.4 Å². The van der Waals surface area contributed by atoms with Crippen LogP contribution >= 0.6 is 35.6 Å². The Bertz CT molecular complexity index is 1200. The molecule has 1 N–H and O–H groups in total. The van der Waals surface area contributed by atoms with Gasteiger partial charge in [-0.2, -0.15) is 0 Å². The summed E-state index contributed by atoms with van der Waals surface area (Å²) in [5, 5.41) is 9.87. The van der Waals surface area contributed by atoms with Gasteiger partial charge in [0.1, 0.15) is 11.5 Å². The molecule has 2 aromatic rings. The molecule has 208 valence electrons. The van der Waals surface area contributed by atoms with Crippen LogP contribution in [0.1, 0.15) is 82.0 Å². The largest absolute Gasteiger partial charge is 0.456 e. The Morgan fingerprint density at radius 2 is 1.74 bits per heavy atom. The number of aryl methyl sites for hydroxylation is 1. The summed E-state index contributed by atoms with van der Waals surface area (Å²) in [6.07, 6.45) is 15.4. The fourth-order valence-electron chi connectivity index (χ4n) is 8.11. The summed E-state index contributed by atoms with van der Waals surface area (Å²) in [5.41, 5.74) is 2.06. The number of hydrogen-bond acceptors (Lipinski definition) is 5. The van der Waals surface area contributed by atoms with Crippen LogP contribution in [-0.4, -0.2) is 21.7 Å². The maximum absolute atomic E-state index is 13.3. The van der Waals surface area contributed by atoms with E-state index >= 15 is 0 Å². The minimum Gasteiger partial charge on any atom is -0.456 e. The normalized spacial score (nSPS) is 31.3. The zero-order chi connectivity index (χ0) is 26.9. The number of allylic oxidation sites excluding steroid dienone is 1. The molecule has 5 aliphatic rings. The summed E-state index contributed by atoms with van der Waals surface area (Å²) in [6.45, 7) is 0.214. The Labute approximate surface area is 247 Å². The maximum atomic E-state index is 13.3. The lowest BCUT2D eigenvalue weighted by Crippen LogP contribution is -2.45. The molecule has 1 aliphatic heterocycles. The third-order valence-corrected chi connectivity index (χ3v) is 11.8. The summed E-state index contributed by atoms with van der Waals surface area (Å²) >= 11 is 13.6. The van der Waals surface area contributed by atoms with Gasteiger partial charge in [-0.3, -0.25) is 4.79 Å². The molecule has 6 heteroatoms. The number of aliphatic hydroxyl groups is 1. The number of benzene rings is 1. The highest BCUT2D eigenvalue weighted by atomic mass is 35.5. The average molecular weight is 583 g/mol. The molecule has 5 fully saturated rings. The van der Waals surface area contributed by atoms with Crippen molar-refractivity contribution in [3.05, 3.63) is 51.6 Å². The van der Waals surface area contributed by atoms with E-state index in [0.29, 0.717) is 17.4 Å². The van der Waals surface area contributed by atoms with Gasteiger partial charge >= 0.3 is 0 Å². The molecule has 4 saturated carbocycles. The number of carbonyl (C=O) groups excluding carboxylic acids is 1. The number of unbranched alkanes of at least 4 members (excludes halogenated alkanes) is 2. The van der Waals surface area contributed by atoms with E-state index in [1.165, 1.54) is 50.3 Å². The summed E-state index contributed by atoms with van der Waals surface area (Å²) in [6, 6.07) is 9.75. The van der Waals surface area contributed by atoms with Gasteiger partial charge in [0, 0.05) is 29.5 Å². The molecule has 4 bridgehead atoms. The van der Waals surface area contributed by atoms with E-state index in [0.717, 1.165) is 93.4 Å². The highest BCUT2D eigenvalue weighted by Gasteiger charge is 2.48. The van der Waals surface area contributed by atoms with Crippen molar-refractivity contribution in [2.24, 2.45) is 35.5 Å². The number of rotatable bonds is 9. The van der Waals surface area contributed by atoms with Gasteiger partial charge in [0.2, 0.25) is 0 Å². The third kappa shape index (κ3) is 6.27. The van der Waals surface area contributed by atoms with Gasteiger partial charge in [-0.1, -0.05) is 42.0 Å².